The lowest BCUT2D eigenvalue weighted by Crippen LogP contribution is -2.39. The van der Waals surface area contributed by atoms with E-state index in [2.05, 4.69) is 10.3 Å². The quantitative estimate of drug-likeness (QED) is 0.489. The average Bonchev–Trinajstić information content (AvgIpc) is 2.31. The normalized spacial score (nSPS) is 11.7. The van der Waals surface area contributed by atoms with Crippen molar-refractivity contribution in [2.45, 2.75) is 20.8 Å². The van der Waals surface area contributed by atoms with E-state index in [0.29, 0.717) is 5.69 Å². The number of Topliss-reactive ketones (excluding diaryl/α,β-unsaturated/α-hetero) is 1. The van der Waals surface area contributed by atoms with Gasteiger partial charge in [-0.1, -0.05) is 26.0 Å². The van der Waals surface area contributed by atoms with Gasteiger partial charge in [0.2, 0.25) is 17.7 Å². The Morgan fingerprint density at radius 1 is 1.58 bits per heavy atom. The molecule has 0 unspecified atom stereocenters. The average molecular weight is 168 g/mol. The van der Waals surface area contributed by atoms with Crippen molar-refractivity contribution < 1.29 is 9.48 Å². The third-order valence-corrected chi connectivity index (χ3v) is 1.67. The Morgan fingerprint density at radius 2 is 2.17 bits per heavy atom. The summed E-state index contributed by atoms with van der Waals surface area (Å²) >= 11 is 0. The summed E-state index contributed by atoms with van der Waals surface area (Å²) in [6, 6.07) is 0. The van der Waals surface area contributed by atoms with E-state index in [1.54, 1.807) is 17.9 Å². The minimum absolute atomic E-state index is 0.0961. The van der Waals surface area contributed by atoms with E-state index in [0.717, 1.165) is 0 Å². The highest BCUT2D eigenvalue weighted by Crippen LogP contribution is 2.17. The number of carbonyl (C=O) groups excluding carboxylic acids is 1. The molecule has 1 rings (SSSR count). The third-order valence-electron chi connectivity index (χ3n) is 1.67. The highest BCUT2D eigenvalue weighted by molar-refractivity contribution is 5.96. The summed E-state index contributed by atoms with van der Waals surface area (Å²) in [7, 11) is 1.77. The first kappa shape index (κ1) is 8.90. The van der Waals surface area contributed by atoms with E-state index in [-0.39, 0.29) is 11.2 Å². The van der Waals surface area contributed by atoms with Crippen LogP contribution in [0.5, 0.6) is 0 Å². The molecule has 4 nitrogen and oxygen atoms in total. The van der Waals surface area contributed by atoms with Crippen LogP contribution in [0.2, 0.25) is 0 Å². The second-order valence-corrected chi connectivity index (χ2v) is 3.88. The van der Waals surface area contributed by atoms with Crippen LogP contribution in [-0.4, -0.2) is 16.1 Å². The van der Waals surface area contributed by atoms with Gasteiger partial charge in [-0.25, -0.2) is 0 Å². The molecule has 1 aromatic heterocycles. The van der Waals surface area contributed by atoms with Gasteiger partial charge in [-0.15, -0.1) is 0 Å². The molecule has 0 spiro atoms. The number of aromatic nitrogens is 3. The van der Waals surface area contributed by atoms with Gasteiger partial charge in [0.25, 0.3) is 0 Å². The van der Waals surface area contributed by atoms with E-state index < -0.39 is 0 Å². The first-order valence-corrected chi connectivity index (χ1v) is 3.87. The summed E-state index contributed by atoms with van der Waals surface area (Å²) in [6.07, 6.45) is 1.55. The first-order valence-electron chi connectivity index (χ1n) is 3.87. The zero-order chi connectivity index (χ0) is 9.35. The molecule has 4 heteroatoms. The third kappa shape index (κ3) is 1.52. The molecule has 0 atom stereocenters. The smallest absolute Gasteiger partial charge is 0.235 e. The number of nitrogens with one attached hydrogen (secondary N) is 1. The number of carbonyl (C=O) groups is 1. The van der Waals surface area contributed by atoms with Crippen LogP contribution in [-0.2, 0) is 7.05 Å². The van der Waals surface area contributed by atoms with Gasteiger partial charge in [-0.05, 0) is 0 Å². The molecule has 1 N–H and O–H groups in total. The monoisotopic (exact) mass is 168 g/mol. The van der Waals surface area contributed by atoms with Crippen LogP contribution in [0.25, 0.3) is 0 Å². The molecule has 0 fully saturated rings. The Labute approximate surface area is 71.6 Å². The van der Waals surface area contributed by atoms with Crippen molar-refractivity contribution >= 4 is 5.78 Å². The molecule has 0 aliphatic rings. The molecule has 0 aromatic carbocycles. The van der Waals surface area contributed by atoms with Crippen LogP contribution in [0.3, 0.4) is 0 Å². The topological polar surface area (TPSA) is 49.6 Å². The van der Waals surface area contributed by atoms with Gasteiger partial charge in [0.15, 0.2) is 0 Å². The minimum atomic E-state index is -0.346. The van der Waals surface area contributed by atoms with Crippen LogP contribution in [0.4, 0.5) is 0 Å². The summed E-state index contributed by atoms with van der Waals surface area (Å²) in [5, 5.41) is 6.44. The lowest BCUT2D eigenvalue weighted by atomic mass is 9.89. The fourth-order valence-electron chi connectivity index (χ4n) is 0.912. The highest BCUT2D eigenvalue weighted by atomic mass is 16.1. The summed E-state index contributed by atoms with van der Waals surface area (Å²) in [5.74, 6) is 0.0961. The fourth-order valence-corrected chi connectivity index (χ4v) is 0.912. The van der Waals surface area contributed by atoms with E-state index in [9.17, 15) is 4.79 Å². The lowest BCUT2D eigenvalue weighted by molar-refractivity contribution is -0.732. The standard InChI is InChI=1S/C8H13N3O/c1-8(2,3)7(12)6-5-9-10-11(6)4/h5H,1-4H3/p+1. The van der Waals surface area contributed by atoms with E-state index >= 15 is 0 Å². The van der Waals surface area contributed by atoms with E-state index in [1.807, 2.05) is 20.8 Å². The van der Waals surface area contributed by atoms with Crippen LogP contribution in [0, 0.1) is 5.41 Å². The van der Waals surface area contributed by atoms with Crippen LogP contribution in [0.15, 0.2) is 6.20 Å². The zero-order valence-electron chi connectivity index (χ0n) is 7.88. The zero-order valence-corrected chi connectivity index (χ0v) is 7.88. The number of H-pyrrole nitrogens is 1. The highest BCUT2D eigenvalue weighted by Gasteiger charge is 2.29. The Hall–Kier alpha value is -1.19. The molecule has 0 bridgehead atoms. The molecule has 0 aliphatic carbocycles. The summed E-state index contributed by atoms with van der Waals surface area (Å²) < 4.78 is 1.62. The van der Waals surface area contributed by atoms with Crippen molar-refractivity contribution in [3.8, 4) is 0 Å². The second kappa shape index (κ2) is 2.69. The van der Waals surface area contributed by atoms with Crippen molar-refractivity contribution in [3.05, 3.63) is 11.9 Å². The minimum Gasteiger partial charge on any atom is -0.289 e. The van der Waals surface area contributed by atoms with Gasteiger partial charge in [0.1, 0.15) is 7.05 Å². The Balaban J connectivity index is 3.01. The molecular formula is C8H14N3O+. The summed E-state index contributed by atoms with van der Waals surface area (Å²) in [4.78, 5) is 11.7. The van der Waals surface area contributed by atoms with Crippen molar-refractivity contribution in [1.29, 1.82) is 0 Å². The van der Waals surface area contributed by atoms with Crippen LogP contribution in [0.1, 0.15) is 31.3 Å². The van der Waals surface area contributed by atoms with Gasteiger partial charge < -0.3 is 0 Å². The Morgan fingerprint density at radius 3 is 2.50 bits per heavy atom. The molecular weight excluding hydrogens is 154 g/mol. The molecule has 12 heavy (non-hydrogen) atoms. The SMILES string of the molecule is C[n+]1[nH]ncc1C(=O)C(C)(C)C. The second-order valence-electron chi connectivity index (χ2n) is 3.88. The summed E-state index contributed by atoms with van der Waals surface area (Å²) in [5.41, 5.74) is 0.268. The van der Waals surface area contributed by atoms with Gasteiger partial charge in [-0.2, -0.15) is 4.68 Å². The van der Waals surface area contributed by atoms with Gasteiger partial charge in [-0.3, -0.25) is 4.79 Å². The molecule has 0 saturated carbocycles. The molecule has 0 aliphatic heterocycles. The first-order chi connectivity index (χ1) is 5.43. The van der Waals surface area contributed by atoms with Crippen LogP contribution < -0.4 is 4.68 Å². The largest absolute Gasteiger partial charge is 0.289 e. The summed E-state index contributed by atoms with van der Waals surface area (Å²) in [6.45, 7) is 5.67. The molecule has 0 amide bonds. The predicted octanol–water partition coefficient (Wildman–Crippen LogP) is 0.463. The Bertz CT molecular complexity index is 295. The Kier molecular flexibility index (Phi) is 2.00. The van der Waals surface area contributed by atoms with Gasteiger partial charge in [0, 0.05) is 10.5 Å². The van der Waals surface area contributed by atoms with Crippen molar-refractivity contribution in [3.63, 3.8) is 0 Å². The van der Waals surface area contributed by atoms with Crippen molar-refractivity contribution in [2.75, 3.05) is 0 Å². The maximum absolute atomic E-state index is 11.7. The number of hydrogen-bond donors (Lipinski definition) is 1. The number of ketones is 1. The molecule has 0 radical (unpaired) electrons. The maximum atomic E-state index is 11.7. The molecule has 66 valence electrons. The number of nitrogens with zero attached hydrogens (tertiary/aromatic N) is 2. The molecule has 1 aromatic rings. The number of aromatic amines is 1. The van der Waals surface area contributed by atoms with Gasteiger partial charge >= 0.3 is 0 Å². The van der Waals surface area contributed by atoms with E-state index in [1.165, 1.54) is 0 Å². The lowest BCUT2D eigenvalue weighted by Gasteiger charge is -2.13. The van der Waals surface area contributed by atoms with Crippen LogP contribution >= 0.6 is 0 Å². The van der Waals surface area contributed by atoms with Crippen molar-refractivity contribution in [2.24, 2.45) is 12.5 Å². The predicted molar refractivity (Wildman–Crippen MR) is 43.5 cm³/mol. The number of rotatable bonds is 1. The number of aryl methyl sites for hydroxylation is 1. The molecule has 0 saturated heterocycles. The van der Waals surface area contributed by atoms with Gasteiger partial charge in [0.05, 0.1) is 0 Å². The number of hydrogen-bond acceptors (Lipinski definition) is 2. The maximum Gasteiger partial charge on any atom is 0.235 e. The molecule has 1 heterocycles. The van der Waals surface area contributed by atoms with E-state index in [4.69, 9.17) is 0 Å². The fraction of sp³-hybridized carbons (Fsp3) is 0.625. The van der Waals surface area contributed by atoms with Crippen molar-refractivity contribution in [1.82, 2.24) is 10.3 Å².